The fourth-order valence-electron chi connectivity index (χ4n) is 12.9. The van der Waals surface area contributed by atoms with Crippen LogP contribution < -0.4 is 0 Å². The summed E-state index contributed by atoms with van der Waals surface area (Å²) in [5.74, 6) is 3.81. The van der Waals surface area contributed by atoms with Crippen LogP contribution in [0.1, 0.15) is 110 Å². The van der Waals surface area contributed by atoms with Crippen LogP contribution in [0.5, 0.6) is 0 Å². The van der Waals surface area contributed by atoms with Crippen LogP contribution in [-0.4, -0.2) is 0 Å². The summed E-state index contributed by atoms with van der Waals surface area (Å²) >= 11 is 0. The summed E-state index contributed by atoms with van der Waals surface area (Å²) in [7, 11) is 0. The van der Waals surface area contributed by atoms with Crippen molar-refractivity contribution in [1.29, 1.82) is 0 Å². The predicted octanol–water partition coefficient (Wildman–Crippen LogP) is 10.6. The molecule has 8 aliphatic rings. The Morgan fingerprint density at radius 1 is 0.450 bits per heavy atom. The van der Waals surface area contributed by atoms with E-state index in [2.05, 4.69) is 62.7 Å². The van der Waals surface area contributed by atoms with E-state index in [1.54, 1.807) is 11.1 Å². The highest BCUT2D eigenvalue weighted by Gasteiger charge is 2.71. The molecule has 0 radical (unpaired) electrons. The second kappa shape index (κ2) is 8.47. The van der Waals surface area contributed by atoms with E-state index in [1.165, 1.54) is 99.3 Å². The number of benzene rings is 2. The molecule has 0 nitrogen and oxygen atoms in total. The molecule has 0 amide bonds. The monoisotopic (exact) mass is 526 g/mol. The van der Waals surface area contributed by atoms with Gasteiger partial charge in [-0.05, 0) is 168 Å². The van der Waals surface area contributed by atoms with Crippen LogP contribution in [0.2, 0.25) is 0 Å². The topological polar surface area (TPSA) is 0 Å². The summed E-state index contributed by atoms with van der Waals surface area (Å²) < 4.78 is 0. The normalized spacial score (nSPS) is 42.1. The molecule has 2 aromatic carbocycles. The van der Waals surface area contributed by atoms with Gasteiger partial charge in [0.25, 0.3) is 0 Å². The van der Waals surface area contributed by atoms with Gasteiger partial charge < -0.3 is 0 Å². The molecule has 2 aromatic rings. The highest BCUT2D eigenvalue weighted by molar-refractivity contribution is 5.61. The maximum Gasteiger partial charge on any atom is -0.00299 e. The van der Waals surface area contributed by atoms with Crippen LogP contribution in [-0.2, 0) is 10.8 Å². The predicted molar refractivity (Wildman–Crippen MR) is 171 cm³/mol. The second-order valence-electron chi connectivity index (χ2n) is 15.6. The molecule has 10 rings (SSSR count). The molecule has 2 unspecified atom stereocenters. The molecule has 8 bridgehead atoms. The standard InChI is InChI=1S/C40H46/c1-5-27-9-28(6-2)15-35(14-27)37-18-34-19-38(24-37,36-16-29(7-3)10-30(8-4)17-36)26-40(23-34,25-37)39-20-31-11-32(21-39)13-33(12-31)22-39/h5-10,14-17,31-34H,1-4,11-13,18-26H2. The maximum atomic E-state index is 4.18. The second-order valence-corrected chi connectivity index (χ2v) is 15.6. The van der Waals surface area contributed by atoms with E-state index in [4.69, 9.17) is 0 Å². The van der Waals surface area contributed by atoms with Crippen LogP contribution in [0.25, 0.3) is 24.3 Å². The van der Waals surface area contributed by atoms with Gasteiger partial charge >= 0.3 is 0 Å². The van der Waals surface area contributed by atoms with Crippen LogP contribution >= 0.6 is 0 Å². The van der Waals surface area contributed by atoms with Crippen LogP contribution in [0.15, 0.2) is 62.7 Å². The molecular weight excluding hydrogens is 480 g/mol. The van der Waals surface area contributed by atoms with Crippen molar-refractivity contribution >= 4 is 24.3 Å². The van der Waals surface area contributed by atoms with E-state index < -0.39 is 0 Å². The molecule has 206 valence electrons. The van der Waals surface area contributed by atoms with Gasteiger partial charge in [-0.2, -0.15) is 0 Å². The van der Waals surface area contributed by atoms with E-state index in [-0.39, 0.29) is 10.8 Å². The van der Waals surface area contributed by atoms with E-state index in [0.29, 0.717) is 10.8 Å². The molecule has 0 spiro atoms. The first kappa shape index (κ1) is 25.1. The smallest absolute Gasteiger partial charge is 0.00299 e. The quantitative estimate of drug-likeness (QED) is 0.336. The van der Waals surface area contributed by atoms with Crippen molar-refractivity contribution in [2.24, 2.45) is 34.5 Å². The van der Waals surface area contributed by atoms with Gasteiger partial charge in [0.05, 0.1) is 0 Å². The Kier molecular flexibility index (Phi) is 5.32. The minimum atomic E-state index is 0.234. The lowest BCUT2D eigenvalue weighted by Gasteiger charge is -2.75. The lowest BCUT2D eigenvalue weighted by Crippen LogP contribution is -2.67. The van der Waals surface area contributed by atoms with Crippen molar-refractivity contribution in [3.8, 4) is 0 Å². The average molecular weight is 527 g/mol. The highest BCUT2D eigenvalue weighted by atomic mass is 14.7. The first-order valence-electron chi connectivity index (χ1n) is 16.1. The van der Waals surface area contributed by atoms with E-state index in [0.717, 1.165) is 23.7 Å². The Labute approximate surface area is 242 Å². The van der Waals surface area contributed by atoms with Gasteiger partial charge in [-0.15, -0.1) is 0 Å². The van der Waals surface area contributed by atoms with Gasteiger partial charge in [0.1, 0.15) is 0 Å². The molecule has 0 aromatic heterocycles. The summed E-state index contributed by atoms with van der Waals surface area (Å²) in [5, 5.41) is 0. The first-order chi connectivity index (χ1) is 19.3. The largest absolute Gasteiger partial charge is 0.0985 e. The fraction of sp³-hybridized carbons (Fsp3) is 0.500. The summed E-state index contributed by atoms with van der Waals surface area (Å²) in [4.78, 5) is 0. The van der Waals surface area contributed by atoms with Crippen molar-refractivity contribution in [2.75, 3.05) is 0 Å². The Balaban J connectivity index is 1.34. The molecule has 0 saturated heterocycles. The first-order valence-corrected chi connectivity index (χ1v) is 16.1. The molecule has 2 atom stereocenters. The zero-order valence-electron chi connectivity index (χ0n) is 24.4. The van der Waals surface area contributed by atoms with Crippen LogP contribution in [0.4, 0.5) is 0 Å². The third-order valence-electron chi connectivity index (χ3n) is 13.4. The van der Waals surface area contributed by atoms with Crippen molar-refractivity contribution < 1.29 is 0 Å². The zero-order chi connectivity index (χ0) is 27.3. The van der Waals surface area contributed by atoms with E-state index in [9.17, 15) is 0 Å². The minimum absolute atomic E-state index is 0.234. The molecule has 40 heavy (non-hydrogen) atoms. The molecule has 0 heterocycles. The molecule has 8 saturated carbocycles. The highest BCUT2D eigenvalue weighted by Crippen LogP contribution is 2.79. The van der Waals surface area contributed by atoms with Crippen molar-refractivity contribution in [3.05, 3.63) is 96.1 Å². The summed E-state index contributed by atoms with van der Waals surface area (Å²) in [6, 6.07) is 14.5. The Morgan fingerprint density at radius 2 is 0.825 bits per heavy atom. The fourth-order valence-corrected chi connectivity index (χ4v) is 12.9. The minimum Gasteiger partial charge on any atom is -0.0985 e. The van der Waals surface area contributed by atoms with Gasteiger partial charge in [0, 0.05) is 0 Å². The number of hydrogen-bond donors (Lipinski definition) is 0. The van der Waals surface area contributed by atoms with E-state index in [1.807, 2.05) is 24.3 Å². The molecule has 0 aliphatic heterocycles. The van der Waals surface area contributed by atoms with Gasteiger partial charge in [-0.1, -0.05) is 74.9 Å². The van der Waals surface area contributed by atoms with Crippen LogP contribution in [0.3, 0.4) is 0 Å². The zero-order valence-corrected chi connectivity index (χ0v) is 24.4. The Bertz CT molecular complexity index is 1260. The Hall–Kier alpha value is -2.60. The summed E-state index contributed by atoms with van der Waals surface area (Å²) in [6.45, 7) is 16.7. The Morgan fingerprint density at radius 3 is 1.20 bits per heavy atom. The maximum absolute atomic E-state index is 4.18. The van der Waals surface area contributed by atoms with Gasteiger partial charge in [-0.3, -0.25) is 0 Å². The van der Waals surface area contributed by atoms with Gasteiger partial charge in [-0.25, -0.2) is 0 Å². The summed E-state index contributed by atoms with van der Waals surface area (Å²) in [6.07, 6.45) is 25.6. The molecule has 0 N–H and O–H groups in total. The number of hydrogen-bond acceptors (Lipinski definition) is 0. The number of rotatable bonds is 7. The third-order valence-corrected chi connectivity index (χ3v) is 13.4. The molecular formula is C40H46. The average Bonchev–Trinajstić information content (AvgIpc) is 2.95. The van der Waals surface area contributed by atoms with E-state index >= 15 is 0 Å². The SMILES string of the molecule is C=Cc1cc(C=C)cc(C23CC4CC(c5cc(C=C)cc(C=C)c5)(C2)CC(C25CC6CC(CC(C6)C2)C5)(C4)C3)c1. The summed E-state index contributed by atoms with van der Waals surface area (Å²) in [5.41, 5.74) is 9.65. The van der Waals surface area contributed by atoms with Crippen molar-refractivity contribution in [3.63, 3.8) is 0 Å². The van der Waals surface area contributed by atoms with Gasteiger partial charge in [0.2, 0.25) is 0 Å². The van der Waals surface area contributed by atoms with Crippen molar-refractivity contribution in [2.45, 2.75) is 87.9 Å². The lowest BCUT2D eigenvalue weighted by atomic mass is 9.29. The van der Waals surface area contributed by atoms with Gasteiger partial charge in [0.15, 0.2) is 0 Å². The van der Waals surface area contributed by atoms with Crippen LogP contribution in [0, 0.1) is 34.5 Å². The van der Waals surface area contributed by atoms with Crippen molar-refractivity contribution in [1.82, 2.24) is 0 Å². The lowest BCUT2D eigenvalue weighted by molar-refractivity contribution is -0.213. The molecule has 8 fully saturated rings. The third kappa shape index (κ3) is 3.44. The molecule has 0 heteroatoms. The molecule has 8 aliphatic carbocycles.